The number of carbonyl (C=O) groups is 1. The lowest BCUT2D eigenvalue weighted by molar-refractivity contribution is -0.138. The number of nitrogens with zero attached hydrogens (tertiary/aromatic N) is 1. The topological polar surface area (TPSA) is 60.8 Å². The van der Waals surface area contributed by atoms with E-state index in [-0.39, 0.29) is 18.6 Å². The minimum Gasteiger partial charge on any atom is -0.394 e. The predicted molar refractivity (Wildman–Crippen MR) is 48.1 cm³/mol. The fourth-order valence-electron chi connectivity index (χ4n) is 1.62. The molecule has 0 spiro atoms. The first kappa shape index (κ1) is 10.5. The Hall–Kier alpha value is -0.610. The van der Waals surface area contributed by atoms with Gasteiger partial charge in [0.2, 0.25) is 5.91 Å². The van der Waals surface area contributed by atoms with E-state index >= 15 is 0 Å². The van der Waals surface area contributed by atoms with E-state index in [1.807, 2.05) is 0 Å². The third-order valence-electron chi connectivity index (χ3n) is 2.60. The van der Waals surface area contributed by atoms with Gasteiger partial charge in [-0.15, -0.1) is 0 Å². The molecule has 1 saturated heterocycles. The molecule has 0 saturated carbocycles. The van der Waals surface area contributed by atoms with Gasteiger partial charge in [0.05, 0.1) is 18.8 Å². The summed E-state index contributed by atoms with van der Waals surface area (Å²) in [7, 11) is 0. The summed E-state index contributed by atoms with van der Waals surface area (Å²) in [5.41, 5.74) is 0. The van der Waals surface area contributed by atoms with E-state index in [1.165, 1.54) is 0 Å². The van der Waals surface area contributed by atoms with E-state index in [2.05, 4.69) is 0 Å². The van der Waals surface area contributed by atoms with Crippen LogP contribution in [0.3, 0.4) is 0 Å². The summed E-state index contributed by atoms with van der Waals surface area (Å²) in [4.78, 5) is 13.0. The fraction of sp³-hybridized carbons (Fsp3) is 0.889. The van der Waals surface area contributed by atoms with Crippen LogP contribution in [-0.4, -0.2) is 46.3 Å². The lowest BCUT2D eigenvalue weighted by Gasteiger charge is -2.34. The van der Waals surface area contributed by atoms with Crippen molar-refractivity contribution < 1.29 is 15.0 Å². The van der Waals surface area contributed by atoms with Crippen LogP contribution in [0.15, 0.2) is 0 Å². The zero-order valence-electron chi connectivity index (χ0n) is 7.94. The first-order valence-electron chi connectivity index (χ1n) is 4.75. The molecule has 1 heterocycles. The van der Waals surface area contributed by atoms with Crippen LogP contribution >= 0.6 is 0 Å². The second-order valence-electron chi connectivity index (χ2n) is 3.53. The molecule has 0 radical (unpaired) electrons. The molecule has 0 aromatic rings. The average molecular weight is 187 g/mol. The molecule has 0 aliphatic carbocycles. The Morgan fingerprint density at radius 2 is 2.23 bits per heavy atom. The first-order chi connectivity index (χ1) is 6.16. The van der Waals surface area contributed by atoms with Crippen molar-refractivity contribution in [1.29, 1.82) is 0 Å². The minimum atomic E-state index is -0.818. The molecular formula is C9H17NO3. The summed E-state index contributed by atoms with van der Waals surface area (Å²) in [6, 6.07) is -0.266. The lowest BCUT2D eigenvalue weighted by Crippen LogP contribution is -2.48. The minimum absolute atomic E-state index is 0.0891. The van der Waals surface area contributed by atoms with Crippen molar-refractivity contribution in [1.82, 2.24) is 4.90 Å². The van der Waals surface area contributed by atoms with E-state index in [0.717, 1.165) is 12.8 Å². The van der Waals surface area contributed by atoms with Gasteiger partial charge in [-0.1, -0.05) is 0 Å². The maximum Gasteiger partial charge on any atom is 0.222 e. The number of hydrogen-bond acceptors (Lipinski definition) is 3. The summed E-state index contributed by atoms with van der Waals surface area (Å²) in [6.45, 7) is 2.19. The number of carbonyl (C=O) groups excluding carboxylic acids is 1. The van der Waals surface area contributed by atoms with Crippen molar-refractivity contribution in [2.24, 2.45) is 0 Å². The summed E-state index contributed by atoms with van der Waals surface area (Å²) in [5, 5.41) is 18.1. The molecule has 0 bridgehead atoms. The van der Waals surface area contributed by atoms with E-state index in [0.29, 0.717) is 13.0 Å². The van der Waals surface area contributed by atoms with Crippen molar-refractivity contribution >= 4 is 5.91 Å². The number of piperidine rings is 1. The highest BCUT2D eigenvalue weighted by molar-refractivity contribution is 5.77. The Kier molecular flexibility index (Phi) is 3.69. The molecule has 4 nitrogen and oxygen atoms in total. The Bertz CT molecular complexity index is 184. The van der Waals surface area contributed by atoms with Crippen LogP contribution in [0.5, 0.6) is 0 Å². The third kappa shape index (κ3) is 2.42. The van der Waals surface area contributed by atoms with Crippen molar-refractivity contribution in [3.63, 3.8) is 0 Å². The van der Waals surface area contributed by atoms with E-state index in [1.54, 1.807) is 11.8 Å². The molecular weight excluding hydrogens is 170 g/mol. The fourth-order valence-corrected chi connectivity index (χ4v) is 1.62. The Labute approximate surface area is 78.2 Å². The quantitative estimate of drug-likeness (QED) is 0.640. The normalized spacial score (nSPS) is 23.0. The first-order valence-corrected chi connectivity index (χ1v) is 4.75. The number of likely N-dealkylation sites (tertiary alicyclic amines) is 1. The van der Waals surface area contributed by atoms with Crippen molar-refractivity contribution in [2.45, 2.75) is 38.3 Å². The number of aliphatic hydroxyl groups is 2. The number of aliphatic hydroxyl groups excluding tert-OH is 2. The van der Waals surface area contributed by atoms with Crippen LogP contribution in [-0.2, 0) is 4.79 Å². The molecule has 2 N–H and O–H groups in total. The number of hydrogen-bond donors (Lipinski definition) is 2. The largest absolute Gasteiger partial charge is 0.394 e. The maximum atomic E-state index is 11.4. The Morgan fingerprint density at radius 3 is 2.77 bits per heavy atom. The zero-order valence-corrected chi connectivity index (χ0v) is 7.94. The molecule has 1 fully saturated rings. The van der Waals surface area contributed by atoms with Gasteiger partial charge in [-0.25, -0.2) is 0 Å². The highest BCUT2D eigenvalue weighted by Gasteiger charge is 2.27. The van der Waals surface area contributed by atoms with E-state index in [4.69, 9.17) is 5.11 Å². The Morgan fingerprint density at radius 1 is 1.54 bits per heavy atom. The number of amides is 1. The second-order valence-corrected chi connectivity index (χ2v) is 3.53. The second kappa shape index (κ2) is 4.58. The van der Waals surface area contributed by atoms with Crippen LogP contribution in [0, 0.1) is 0 Å². The highest BCUT2D eigenvalue weighted by Crippen LogP contribution is 2.15. The summed E-state index contributed by atoms with van der Waals surface area (Å²) in [5.74, 6) is 0.0891. The van der Waals surface area contributed by atoms with Crippen LogP contribution < -0.4 is 0 Å². The van der Waals surface area contributed by atoms with Crippen LogP contribution in [0.25, 0.3) is 0 Å². The van der Waals surface area contributed by atoms with E-state index < -0.39 is 6.10 Å². The van der Waals surface area contributed by atoms with Crippen molar-refractivity contribution in [3.8, 4) is 0 Å². The molecule has 1 amide bonds. The van der Waals surface area contributed by atoms with Gasteiger partial charge in [-0.05, 0) is 19.8 Å². The highest BCUT2D eigenvalue weighted by atomic mass is 16.3. The van der Waals surface area contributed by atoms with Crippen LogP contribution in [0.4, 0.5) is 0 Å². The molecule has 0 aromatic carbocycles. The van der Waals surface area contributed by atoms with Gasteiger partial charge in [0.25, 0.3) is 0 Å². The molecule has 2 unspecified atom stereocenters. The SMILES string of the molecule is CC(C(O)CO)N1CCCCC1=O. The molecule has 1 aliphatic heterocycles. The standard InChI is InChI=1S/C9H17NO3/c1-7(8(12)6-11)10-5-3-2-4-9(10)13/h7-8,11-12H,2-6H2,1H3. The Balaban J connectivity index is 2.53. The van der Waals surface area contributed by atoms with Gasteiger partial charge in [0.15, 0.2) is 0 Å². The maximum absolute atomic E-state index is 11.4. The summed E-state index contributed by atoms with van der Waals surface area (Å²) < 4.78 is 0. The van der Waals surface area contributed by atoms with Gasteiger partial charge in [0.1, 0.15) is 0 Å². The summed E-state index contributed by atoms with van der Waals surface area (Å²) in [6.07, 6.45) is 1.69. The summed E-state index contributed by atoms with van der Waals surface area (Å²) >= 11 is 0. The third-order valence-corrected chi connectivity index (χ3v) is 2.60. The van der Waals surface area contributed by atoms with Crippen LogP contribution in [0.2, 0.25) is 0 Å². The van der Waals surface area contributed by atoms with Gasteiger partial charge < -0.3 is 15.1 Å². The smallest absolute Gasteiger partial charge is 0.222 e. The predicted octanol–water partition coefficient (Wildman–Crippen LogP) is -0.259. The lowest BCUT2D eigenvalue weighted by atomic mass is 10.1. The molecule has 0 aromatic heterocycles. The average Bonchev–Trinajstić information content (AvgIpc) is 2.16. The van der Waals surface area contributed by atoms with Gasteiger partial charge in [0, 0.05) is 13.0 Å². The molecule has 2 atom stereocenters. The molecule has 1 aliphatic rings. The molecule has 4 heteroatoms. The van der Waals surface area contributed by atoms with Crippen molar-refractivity contribution in [3.05, 3.63) is 0 Å². The number of rotatable bonds is 3. The van der Waals surface area contributed by atoms with Gasteiger partial charge in [-0.2, -0.15) is 0 Å². The zero-order chi connectivity index (χ0) is 9.84. The monoisotopic (exact) mass is 187 g/mol. The van der Waals surface area contributed by atoms with Gasteiger partial charge in [-0.3, -0.25) is 4.79 Å². The molecule has 13 heavy (non-hydrogen) atoms. The van der Waals surface area contributed by atoms with Gasteiger partial charge >= 0.3 is 0 Å². The van der Waals surface area contributed by atoms with Crippen molar-refractivity contribution in [2.75, 3.05) is 13.2 Å². The van der Waals surface area contributed by atoms with E-state index in [9.17, 15) is 9.90 Å². The molecule has 76 valence electrons. The van der Waals surface area contributed by atoms with Crippen LogP contribution in [0.1, 0.15) is 26.2 Å². The molecule has 1 rings (SSSR count).